The summed E-state index contributed by atoms with van der Waals surface area (Å²) in [5.41, 5.74) is 2.36. The first-order valence-corrected chi connectivity index (χ1v) is 11.8. The molecule has 0 saturated carbocycles. The Kier molecular flexibility index (Phi) is 5.87. The molecule has 2 aromatic carbocycles. The van der Waals surface area contributed by atoms with Crippen LogP contribution in [0.25, 0.3) is 11.0 Å². The minimum Gasteiger partial charge on any atom is -0.325 e. The Labute approximate surface area is 176 Å². The number of amides is 1. The van der Waals surface area contributed by atoms with Gasteiger partial charge in [0.1, 0.15) is 12.4 Å². The molecule has 1 N–H and O–H groups in total. The Morgan fingerprint density at radius 1 is 1.03 bits per heavy atom. The van der Waals surface area contributed by atoms with Gasteiger partial charge in [0.05, 0.1) is 15.9 Å². The molecule has 8 heteroatoms. The Balaban J connectivity index is 1.47. The zero-order chi connectivity index (χ0) is 21.1. The van der Waals surface area contributed by atoms with Crippen molar-refractivity contribution >= 4 is 32.7 Å². The van der Waals surface area contributed by atoms with E-state index in [4.69, 9.17) is 0 Å². The van der Waals surface area contributed by atoms with Gasteiger partial charge in [-0.1, -0.05) is 25.5 Å². The number of fused-ring (bicyclic) bond motifs is 1. The lowest BCUT2D eigenvalue weighted by Crippen LogP contribution is -2.35. The molecule has 1 amide bonds. The fourth-order valence-corrected chi connectivity index (χ4v) is 5.40. The summed E-state index contributed by atoms with van der Waals surface area (Å²) in [4.78, 5) is 17.5. The maximum atomic E-state index is 12.8. The van der Waals surface area contributed by atoms with Gasteiger partial charge in [-0.3, -0.25) is 4.79 Å². The third-order valence-electron chi connectivity index (χ3n) is 5.44. The van der Waals surface area contributed by atoms with Crippen molar-refractivity contribution in [2.75, 3.05) is 18.4 Å². The van der Waals surface area contributed by atoms with Gasteiger partial charge in [0, 0.05) is 25.2 Å². The molecule has 0 atom stereocenters. The van der Waals surface area contributed by atoms with Gasteiger partial charge in [-0.15, -0.1) is 0 Å². The van der Waals surface area contributed by atoms with Gasteiger partial charge in [-0.25, -0.2) is 13.4 Å². The van der Waals surface area contributed by atoms with Crippen molar-refractivity contribution in [3.8, 4) is 0 Å². The Morgan fingerprint density at radius 2 is 1.73 bits per heavy atom. The number of aromatic nitrogens is 2. The normalized spacial score (nSPS) is 15.4. The summed E-state index contributed by atoms with van der Waals surface area (Å²) in [6.45, 7) is 3.30. The molecular weight excluding hydrogens is 400 g/mol. The summed E-state index contributed by atoms with van der Waals surface area (Å²) < 4.78 is 29.0. The number of benzene rings is 2. The molecule has 158 valence electrons. The number of para-hydroxylation sites is 2. The van der Waals surface area contributed by atoms with Gasteiger partial charge in [0.25, 0.3) is 0 Å². The summed E-state index contributed by atoms with van der Waals surface area (Å²) in [7, 11) is -3.47. The zero-order valence-corrected chi connectivity index (χ0v) is 17.9. The van der Waals surface area contributed by atoms with E-state index in [-0.39, 0.29) is 17.3 Å². The molecule has 2 heterocycles. The van der Waals surface area contributed by atoms with Crippen LogP contribution in [0, 0.1) is 0 Å². The van der Waals surface area contributed by atoms with Crippen molar-refractivity contribution in [2.45, 2.75) is 44.0 Å². The largest absolute Gasteiger partial charge is 0.325 e. The maximum Gasteiger partial charge on any atom is 0.244 e. The lowest BCUT2D eigenvalue weighted by atomic mass is 10.2. The first-order chi connectivity index (χ1) is 14.5. The molecule has 3 aromatic rings. The molecule has 0 unspecified atom stereocenters. The monoisotopic (exact) mass is 426 g/mol. The van der Waals surface area contributed by atoms with Crippen LogP contribution < -0.4 is 5.32 Å². The maximum absolute atomic E-state index is 12.8. The van der Waals surface area contributed by atoms with Gasteiger partial charge < -0.3 is 9.88 Å². The molecule has 1 aliphatic heterocycles. The number of anilines is 1. The van der Waals surface area contributed by atoms with Gasteiger partial charge in [-0.05, 0) is 49.2 Å². The lowest BCUT2D eigenvalue weighted by Gasteiger charge is -2.25. The molecule has 1 saturated heterocycles. The number of rotatable bonds is 6. The van der Waals surface area contributed by atoms with E-state index in [1.165, 1.54) is 0 Å². The molecule has 1 fully saturated rings. The quantitative estimate of drug-likeness (QED) is 0.655. The number of hydrogen-bond donors (Lipinski definition) is 1. The molecule has 7 nitrogen and oxygen atoms in total. The van der Waals surface area contributed by atoms with Crippen LogP contribution in [0.5, 0.6) is 0 Å². The molecule has 0 bridgehead atoms. The average molecular weight is 427 g/mol. The molecular formula is C22H26N4O3S. The van der Waals surface area contributed by atoms with E-state index in [0.29, 0.717) is 18.8 Å². The van der Waals surface area contributed by atoms with Gasteiger partial charge >= 0.3 is 0 Å². The van der Waals surface area contributed by atoms with Crippen LogP contribution in [-0.2, 0) is 27.8 Å². The molecule has 1 aliphatic rings. The summed E-state index contributed by atoms with van der Waals surface area (Å²) in [5, 5.41) is 2.86. The Hall–Kier alpha value is -2.71. The van der Waals surface area contributed by atoms with E-state index in [9.17, 15) is 13.2 Å². The van der Waals surface area contributed by atoms with Crippen LogP contribution in [0.4, 0.5) is 5.69 Å². The summed E-state index contributed by atoms with van der Waals surface area (Å²) in [6, 6.07) is 14.1. The smallest absolute Gasteiger partial charge is 0.244 e. The highest BCUT2D eigenvalue weighted by atomic mass is 32.2. The van der Waals surface area contributed by atoms with E-state index in [1.54, 1.807) is 28.6 Å². The Morgan fingerprint density at radius 3 is 2.43 bits per heavy atom. The minimum absolute atomic E-state index is 0.150. The number of nitrogens with one attached hydrogen (secondary N) is 1. The van der Waals surface area contributed by atoms with Crippen LogP contribution in [0.1, 0.15) is 32.0 Å². The summed E-state index contributed by atoms with van der Waals surface area (Å²) >= 11 is 0. The first-order valence-electron chi connectivity index (χ1n) is 10.3. The second kappa shape index (κ2) is 8.57. The van der Waals surface area contributed by atoms with Crippen molar-refractivity contribution in [1.29, 1.82) is 0 Å². The van der Waals surface area contributed by atoms with Crippen LogP contribution in [-0.4, -0.2) is 41.3 Å². The number of carbonyl (C=O) groups excluding carboxylic acids is 1. The van der Waals surface area contributed by atoms with E-state index < -0.39 is 10.0 Å². The topological polar surface area (TPSA) is 84.3 Å². The van der Waals surface area contributed by atoms with Gasteiger partial charge in [-0.2, -0.15) is 4.31 Å². The van der Waals surface area contributed by atoms with Crippen LogP contribution in [0.15, 0.2) is 53.4 Å². The van der Waals surface area contributed by atoms with Crippen molar-refractivity contribution in [3.05, 3.63) is 54.4 Å². The Bertz CT molecular complexity index is 1150. The number of piperidine rings is 1. The summed E-state index contributed by atoms with van der Waals surface area (Å²) in [6.07, 6.45) is 3.60. The lowest BCUT2D eigenvalue weighted by molar-refractivity contribution is -0.116. The van der Waals surface area contributed by atoms with Gasteiger partial charge in [0.15, 0.2) is 0 Å². The first kappa shape index (κ1) is 20.6. The molecule has 4 rings (SSSR count). The van der Waals surface area contributed by atoms with Crippen molar-refractivity contribution in [2.24, 2.45) is 0 Å². The highest BCUT2D eigenvalue weighted by molar-refractivity contribution is 7.89. The van der Waals surface area contributed by atoms with Gasteiger partial charge in [0.2, 0.25) is 15.9 Å². The summed E-state index contributed by atoms with van der Waals surface area (Å²) in [5.74, 6) is 0.675. The highest BCUT2D eigenvalue weighted by Gasteiger charge is 2.25. The average Bonchev–Trinajstić information content (AvgIpc) is 3.12. The third-order valence-corrected chi connectivity index (χ3v) is 7.36. The van der Waals surface area contributed by atoms with Crippen LogP contribution >= 0.6 is 0 Å². The van der Waals surface area contributed by atoms with E-state index in [0.717, 1.165) is 42.5 Å². The predicted molar refractivity (Wildman–Crippen MR) is 117 cm³/mol. The number of hydrogen-bond acceptors (Lipinski definition) is 4. The fourth-order valence-electron chi connectivity index (χ4n) is 3.88. The number of carbonyl (C=O) groups is 1. The number of nitrogens with zero attached hydrogens (tertiary/aromatic N) is 3. The molecule has 1 aromatic heterocycles. The van der Waals surface area contributed by atoms with E-state index in [2.05, 4.69) is 10.3 Å². The number of sulfonamides is 1. The fraction of sp³-hybridized carbons (Fsp3) is 0.364. The third kappa shape index (κ3) is 4.11. The van der Waals surface area contributed by atoms with Crippen LogP contribution in [0.3, 0.4) is 0 Å². The standard InChI is InChI=1S/C22H26N4O3S/c1-2-21-24-19-8-4-5-9-20(19)26(21)16-22(27)23-17-10-12-18(13-11-17)30(28,29)25-14-6-3-7-15-25/h4-5,8-13H,2-3,6-7,14-16H2,1H3,(H,23,27). The van der Waals surface area contributed by atoms with E-state index in [1.807, 2.05) is 35.8 Å². The van der Waals surface area contributed by atoms with Crippen molar-refractivity contribution < 1.29 is 13.2 Å². The molecule has 0 radical (unpaired) electrons. The molecule has 0 aliphatic carbocycles. The van der Waals surface area contributed by atoms with Crippen molar-refractivity contribution in [3.63, 3.8) is 0 Å². The zero-order valence-electron chi connectivity index (χ0n) is 17.0. The predicted octanol–water partition coefficient (Wildman–Crippen LogP) is 3.41. The second-order valence-corrected chi connectivity index (χ2v) is 9.43. The SMILES string of the molecule is CCc1nc2ccccc2n1CC(=O)Nc1ccc(S(=O)(=O)N2CCCCC2)cc1. The molecule has 30 heavy (non-hydrogen) atoms. The molecule has 0 spiro atoms. The van der Waals surface area contributed by atoms with E-state index >= 15 is 0 Å². The number of aryl methyl sites for hydroxylation is 1. The van der Waals surface area contributed by atoms with Crippen LogP contribution in [0.2, 0.25) is 0 Å². The highest BCUT2D eigenvalue weighted by Crippen LogP contribution is 2.22. The second-order valence-electron chi connectivity index (χ2n) is 7.49. The minimum atomic E-state index is -3.47. The van der Waals surface area contributed by atoms with Crippen molar-refractivity contribution in [1.82, 2.24) is 13.9 Å². The number of imidazole rings is 1.